The Morgan fingerprint density at radius 2 is 2.11 bits per heavy atom. The van der Waals surface area contributed by atoms with Crippen LogP contribution < -0.4 is 9.47 Å². The molecule has 1 N–H and O–H groups in total. The molecular weight excluding hydrogens is 238 g/mol. The highest BCUT2D eigenvalue weighted by Crippen LogP contribution is 2.30. The van der Waals surface area contributed by atoms with Crippen LogP contribution in [0.3, 0.4) is 0 Å². The molecule has 0 amide bonds. The molecule has 0 bridgehead atoms. The molecule has 1 aliphatic heterocycles. The maximum atomic E-state index is 10.3. The quantitative estimate of drug-likeness (QED) is 0.644. The van der Waals surface area contributed by atoms with E-state index in [1.165, 1.54) is 0 Å². The summed E-state index contributed by atoms with van der Waals surface area (Å²) >= 11 is 0. The Kier molecular flexibility index (Phi) is 3.66. The first kappa shape index (κ1) is 12.2. The molecule has 0 radical (unpaired) electrons. The number of oxime groups is 1. The largest absolute Gasteiger partial charge is 0.486 e. The molecule has 0 aliphatic carbocycles. The van der Waals surface area contributed by atoms with E-state index in [2.05, 4.69) is 9.99 Å². The average molecular weight is 251 g/mol. The van der Waals surface area contributed by atoms with Crippen molar-refractivity contribution in [2.45, 2.75) is 6.92 Å². The summed E-state index contributed by atoms with van der Waals surface area (Å²) in [6, 6.07) is 5.40. The Bertz CT molecular complexity index is 483. The molecule has 0 aromatic heterocycles. The molecule has 6 heteroatoms. The van der Waals surface area contributed by atoms with Gasteiger partial charge in [0.2, 0.25) is 6.61 Å². The van der Waals surface area contributed by atoms with Crippen LogP contribution >= 0.6 is 0 Å². The van der Waals surface area contributed by atoms with Crippen LogP contribution in [0, 0.1) is 0 Å². The zero-order valence-corrected chi connectivity index (χ0v) is 9.88. The number of hydrogen-bond donors (Lipinski definition) is 1. The molecule has 2 rings (SSSR count). The van der Waals surface area contributed by atoms with Crippen molar-refractivity contribution in [3.63, 3.8) is 0 Å². The number of fused-ring (bicyclic) bond motifs is 1. The zero-order chi connectivity index (χ0) is 13.0. The van der Waals surface area contributed by atoms with Gasteiger partial charge in [0.05, 0.1) is 5.71 Å². The molecule has 0 fully saturated rings. The maximum Gasteiger partial charge on any atom is 0.344 e. The molecule has 1 aromatic rings. The lowest BCUT2D eigenvalue weighted by Gasteiger charge is -2.18. The minimum absolute atomic E-state index is 0.456. The van der Waals surface area contributed by atoms with Crippen molar-refractivity contribution in [3.05, 3.63) is 23.8 Å². The van der Waals surface area contributed by atoms with E-state index >= 15 is 0 Å². The molecule has 1 heterocycles. The number of carboxylic acids is 1. The van der Waals surface area contributed by atoms with Crippen LogP contribution in [0.25, 0.3) is 0 Å². The Morgan fingerprint density at radius 3 is 2.83 bits per heavy atom. The number of rotatable bonds is 4. The number of benzene rings is 1. The molecular formula is C12H13NO5. The van der Waals surface area contributed by atoms with Crippen LogP contribution in [0.5, 0.6) is 11.5 Å². The lowest BCUT2D eigenvalue weighted by Crippen LogP contribution is -2.15. The van der Waals surface area contributed by atoms with E-state index < -0.39 is 12.6 Å². The summed E-state index contributed by atoms with van der Waals surface area (Å²) in [5.74, 6) is 0.296. The number of aliphatic carboxylic acids is 1. The second kappa shape index (κ2) is 5.39. The lowest BCUT2D eigenvalue weighted by molar-refractivity contribution is -0.142. The third-order valence-electron chi connectivity index (χ3n) is 2.35. The number of nitrogens with zero attached hydrogens (tertiary/aromatic N) is 1. The molecule has 0 saturated carbocycles. The molecule has 96 valence electrons. The normalized spacial score (nSPS) is 14.2. The van der Waals surface area contributed by atoms with E-state index in [4.69, 9.17) is 14.6 Å². The predicted molar refractivity (Wildman–Crippen MR) is 63.2 cm³/mol. The minimum Gasteiger partial charge on any atom is -0.486 e. The first-order valence-corrected chi connectivity index (χ1v) is 5.45. The van der Waals surface area contributed by atoms with Crippen LogP contribution in [0.1, 0.15) is 12.5 Å². The highest BCUT2D eigenvalue weighted by molar-refractivity contribution is 5.98. The van der Waals surface area contributed by atoms with Crippen molar-refractivity contribution in [3.8, 4) is 11.5 Å². The van der Waals surface area contributed by atoms with Crippen LogP contribution in [-0.2, 0) is 9.63 Å². The molecule has 0 unspecified atom stereocenters. The summed E-state index contributed by atoms with van der Waals surface area (Å²) in [5.41, 5.74) is 1.37. The van der Waals surface area contributed by atoms with Crippen LogP contribution in [0.4, 0.5) is 0 Å². The predicted octanol–water partition coefficient (Wildman–Crippen LogP) is 1.28. The fourth-order valence-electron chi connectivity index (χ4n) is 1.51. The number of ether oxygens (including phenoxy) is 2. The molecule has 1 aromatic carbocycles. The number of hydrogen-bond acceptors (Lipinski definition) is 5. The summed E-state index contributed by atoms with van der Waals surface area (Å²) in [4.78, 5) is 14.9. The summed E-state index contributed by atoms with van der Waals surface area (Å²) in [6.45, 7) is 2.33. The van der Waals surface area contributed by atoms with Crippen molar-refractivity contribution in [1.82, 2.24) is 0 Å². The molecule has 0 saturated heterocycles. The van der Waals surface area contributed by atoms with Gasteiger partial charge >= 0.3 is 5.97 Å². The SMILES string of the molecule is CC(=NOCC(=O)O)c1ccc2c(c1)OCCO2. The van der Waals surface area contributed by atoms with Gasteiger partial charge in [-0.15, -0.1) is 0 Å². The Balaban J connectivity index is 2.10. The number of carboxylic acid groups (broad SMARTS) is 1. The smallest absolute Gasteiger partial charge is 0.344 e. The van der Waals surface area contributed by atoms with Gasteiger partial charge in [-0.3, -0.25) is 0 Å². The van der Waals surface area contributed by atoms with E-state index in [-0.39, 0.29) is 0 Å². The maximum absolute atomic E-state index is 10.3. The van der Waals surface area contributed by atoms with Gasteiger partial charge in [0.1, 0.15) is 13.2 Å². The van der Waals surface area contributed by atoms with E-state index in [0.29, 0.717) is 30.4 Å². The minimum atomic E-state index is -1.06. The second-order valence-electron chi connectivity index (χ2n) is 3.70. The molecule has 0 spiro atoms. The Labute approximate surface area is 104 Å². The first-order valence-electron chi connectivity index (χ1n) is 5.45. The van der Waals surface area contributed by atoms with Gasteiger partial charge < -0.3 is 19.4 Å². The van der Waals surface area contributed by atoms with Crippen molar-refractivity contribution < 1.29 is 24.2 Å². The molecule has 18 heavy (non-hydrogen) atoms. The van der Waals surface area contributed by atoms with Gasteiger partial charge in [-0.25, -0.2) is 4.79 Å². The van der Waals surface area contributed by atoms with E-state index in [1.54, 1.807) is 19.1 Å². The average Bonchev–Trinajstić information content (AvgIpc) is 2.37. The van der Waals surface area contributed by atoms with Crippen molar-refractivity contribution >= 4 is 11.7 Å². The standard InChI is InChI=1S/C12H13NO5/c1-8(13-18-7-12(14)15)9-2-3-10-11(6-9)17-5-4-16-10/h2-3,6H,4-5,7H2,1H3,(H,14,15). The zero-order valence-electron chi connectivity index (χ0n) is 9.88. The third-order valence-corrected chi connectivity index (χ3v) is 2.35. The Morgan fingerprint density at radius 1 is 1.39 bits per heavy atom. The fourth-order valence-corrected chi connectivity index (χ4v) is 1.51. The topological polar surface area (TPSA) is 77.4 Å². The van der Waals surface area contributed by atoms with Gasteiger partial charge in [-0.05, 0) is 25.1 Å². The third kappa shape index (κ3) is 2.91. The highest BCUT2D eigenvalue weighted by Gasteiger charge is 2.12. The molecule has 1 aliphatic rings. The van der Waals surface area contributed by atoms with Crippen molar-refractivity contribution in [2.24, 2.45) is 5.16 Å². The van der Waals surface area contributed by atoms with Gasteiger partial charge in [0.25, 0.3) is 0 Å². The lowest BCUT2D eigenvalue weighted by atomic mass is 10.1. The molecule has 0 atom stereocenters. The van der Waals surface area contributed by atoms with E-state index in [9.17, 15) is 4.79 Å². The summed E-state index contributed by atoms with van der Waals surface area (Å²) in [5, 5.41) is 12.1. The highest BCUT2D eigenvalue weighted by atomic mass is 16.6. The van der Waals surface area contributed by atoms with Gasteiger partial charge in [0.15, 0.2) is 11.5 Å². The van der Waals surface area contributed by atoms with Crippen LogP contribution in [0.2, 0.25) is 0 Å². The van der Waals surface area contributed by atoms with Gasteiger partial charge in [-0.1, -0.05) is 5.16 Å². The number of carbonyl (C=O) groups is 1. The molecule has 6 nitrogen and oxygen atoms in total. The second-order valence-corrected chi connectivity index (χ2v) is 3.70. The monoisotopic (exact) mass is 251 g/mol. The van der Waals surface area contributed by atoms with Crippen molar-refractivity contribution in [1.29, 1.82) is 0 Å². The van der Waals surface area contributed by atoms with Crippen LogP contribution in [-0.4, -0.2) is 36.6 Å². The van der Waals surface area contributed by atoms with Crippen LogP contribution in [0.15, 0.2) is 23.4 Å². The first-order chi connectivity index (χ1) is 8.66. The van der Waals surface area contributed by atoms with E-state index in [1.807, 2.05) is 6.07 Å². The fraction of sp³-hybridized carbons (Fsp3) is 0.333. The van der Waals surface area contributed by atoms with E-state index in [0.717, 1.165) is 5.56 Å². The van der Waals surface area contributed by atoms with Crippen molar-refractivity contribution in [2.75, 3.05) is 19.8 Å². The van der Waals surface area contributed by atoms with Gasteiger partial charge in [0, 0.05) is 5.56 Å². The Hall–Kier alpha value is -2.24. The summed E-state index contributed by atoms with van der Waals surface area (Å²) in [7, 11) is 0. The summed E-state index contributed by atoms with van der Waals surface area (Å²) < 4.78 is 10.8. The van der Waals surface area contributed by atoms with Gasteiger partial charge in [-0.2, -0.15) is 0 Å². The summed E-state index contributed by atoms with van der Waals surface area (Å²) in [6.07, 6.45) is 0.